The number of aromatic hydroxyl groups is 1. The molecule has 0 aliphatic carbocycles. The lowest BCUT2D eigenvalue weighted by Gasteiger charge is -2.35. The number of benzene rings is 2. The second kappa shape index (κ2) is 14.3. The predicted molar refractivity (Wildman–Crippen MR) is 191 cm³/mol. The van der Waals surface area contributed by atoms with Gasteiger partial charge in [0.1, 0.15) is 41.4 Å². The van der Waals surface area contributed by atoms with Crippen LogP contribution < -0.4 is 20.3 Å². The van der Waals surface area contributed by atoms with Crippen LogP contribution in [-0.2, 0) is 11.2 Å². The Morgan fingerprint density at radius 2 is 2.02 bits per heavy atom. The molecule has 2 aromatic heterocycles. The molecule has 3 saturated heterocycles. The molecule has 0 saturated carbocycles. The van der Waals surface area contributed by atoms with E-state index in [9.17, 15) is 9.50 Å². The van der Waals surface area contributed by atoms with Gasteiger partial charge in [-0.05, 0) is 85.4 Å². The molecule has 7 rings (SSSR count). The van der Waals surface area contributed by atoms with Crippen molar-refractivity contribution in [3.8, 4) is 23.0 Å². The number of hydrogen-bond donors (Lipinski definition) is 3. The molecule has 3 aliphatic heterocycles. The number of phenols is 1. The zero-order valence-electron chi connectivity index (χ0n) is 28.3. The Hall–Kier alpha value is -4.01. The van der Waals surface area contributed by atoms with Crippen LogP contribution in [0.25, 0.3) is 32.9 Å². The summed E-state index contributed by atoms with van der Waals surface area (Å²) in [5, 5.41) is 19.1. The normalized spacial score (nSPS) is 22.3. The van der Waals surface area contributed by atoms with Crippen LogP contribution in [0.2, 0.25) is 0 Å². The predicted octanol–water partition coefficient (Wildman–Crippen LogP) is 5.43. The third-order valence-electron chi connectivity index (χ3n) is 10.3. The summed E-state index contributed by atoms with van der Waals surface area (Å²) in [6, 6.07) is 5.82. The van der Waals surface area contributed by atoms with Crippen LogP contribution in [0, 0.1) is 11.6 Å². The lowest BCUT2D eigenvalue weighted by atomic mass is 9.94. The van der Waals surface area contributed by atoms with Gasteiger partial charge in [-0.1, -0.05) is 13.0 Å². The van der Waals surface area contributed by atoms with E-state index in [-0.39, 0.29) is 41.2 Å². The molecule has 266 valence electrons. The minimum absolute atomic E-state index is 0.00955. The Balaban J connectivity index is 1.30. The van der Waals surface area contributed by atoms with Crippen LogP contribution in [0.4, 0.5) is 19.0 Å². The number of aromatic nitrogens is 3. The molecule has 0 bridgehead atoms. The number of pyridine rings is 1. The minimum Gasteiger partial charge on any atom is -0.508 e. The zero-order chi connectivity index (χ0) is 35.0. The number of piperidine rings is 1. The topological polar surface area (TPSA) is 108 Å². The number of alkyl halides is 1. The first-order valence-corrected chi connectivity index (χ1v) is 17.7. The summed E-state index contributed by atoms with van der Waals surface area (Å²) in [6.07, 6.45) is 4.77. The number of aryl methyl sites for hydroxylation is 1. The largest absolute Gasteiger partial charge is 0.508 e. The molecular weight excluding hydrogens is 668 g/mol. The Labute approximate surface area is 294 Å². The van der Waals surface area contributed by atoms with Gasteiger partial charge < -0.3 is 30.1 Å². The van der Waals surface area contributed by atoms with E-state index in [2.05, 4.69) is 30.4 Å². The number of nitrogens with zero attached hydrogens (tertiary/aromatic N) is 5. The van der Waals surface area contributed by atoms with Crippen molar-refractivity contribution in [2.75, 3.05) is 57.9 Å². The molecule has 3 fully saturated rings. The minimum atomic E-state index is -0.930. The molecule has 4 aromatic rings. The van der Waals surface area contributed by atoms with Gasteiger partial charge in [0.2, 0.25) is 0 Å². The van der Waals surface area contributed by atoms with E-state index in [1.165, 1.54) is 24.4 Å². The fraction of sp³-hybridized carbons (Fsp3) is 0.500. The maximum absolute atomic E-state index is 17.0. The smallest absolute Gasteiger partial charge is 0.319 e. The molecule has 0 amide bonds. The van der Waals surface area contributed by atoms with Gasteiger partial charge >= 0.3 is 6.01 Å². The summed E-state index contributed by atoms with van der Waals surface area (Å²) in [7, 11) is 1.63. The monoisotopic (exact) mass is 709 g/mol. The highest BCUT2D eigenvalue weighted by molar-refractivity contribution is 7.80. The second-order valence-electron chi connectivity index (χ2n) is 13.5. The van der Waals surface area contributed by atoms with Crippen molar-refractivity contribution in [2.24, 2.45) is 0 Å². The molecule has 50 heavy (non-hydrogen) atoms. The number of nitrogens with one attached hydrogen (secondary N) is 2. The van der Waals surface area contributed by atoms with Crippen molar-refractivity contribution in [1.82, 2.24) is 30.5 Å². The quantitative estimate of drug-likeness (QED) is 0.145. The number of anilines is 1. The molecule has 3 N–H and O–H groups in total. The van der Waals surface area contributed by atoms with Crippen molar-refractivity contribution in [1.29, 1.82) is 0 Å². The molecule has 3 aliphatic rings. The molecule has 14 heteroatoms. The van der Waals surface area contributed by atoms with Crippen molar-refractivity contribution in [2.45, 2.75) is 63.2 Å². The Morgan fingerprint density at radius 3 is 2.84 bits per heavy atom. The molecule has 3 atom stereocenters. The van der Waals surface area contributed by atoms with E-state index >= 15 is 8.78 Å². The van der Waals surface area contributed by atoms with Crippen LogP contribution >= 0.6 is 12.2 Å². The van der Waals surface area contributed by atoms with Gasteiger partial charge in [0, 0.05) is 57.5 Å². The molecule has 10 nitrogen and oxygen atoms in total. The standard InChI is InChI=1S/C36H42F3N7O3S/c1-3-25-28(38)8-7-21-14-24(47)15-26(29(21)25)31-30(39)32-27(17-41-31)33(45-11-4-6-23(19-45)42-35(50)40-10-13-48-2)44-34(43-32)49-20-36-9-5-12-46(36)18-22(37)16-36/h7-8,14-15,17,22-23,47H,3-6,9-13,16,18-20H2,1-2H3,(H2,40,42,50)/t22-,23?,36?/m1/s1. The molecule has 0 spiro atoms. The van der Waals surface area contributed by atoms with E-state index in [4.69, 9.17) is 26.7 Å². The Kier molecular flexibility index (Phi) is 9.86. The highest BCUT2D eigenvalue weighted by atomic mass is 32.1. The maximum Gasteiger partial charge on any atom is 0.319 e. The summed E-state index contributed by atoms with van der Waals surface area (Å²) < 4.78 is 58.0. The first-order valence-electron chi connectivity index (χ1n) is 17.3. The molecule has 5 heterocycles. The van der Waals surface area contributed by atoms with Gasteiger partial charge in [-0.25, -0.2) is 13.2 Å². The SMILES string of the molecule is CCc1c(F)ccc2cc(O)cc(-c3ncc4c(N5CCCC(NC(=S)NCCOC)C5)nc(OCC56CCCN5C[C@H](F)C6)nc4c3F)c12. The number of phenolic OH excluding ortho intramolecular Hbond substituents is 1. The fourth-order valence-electron chi connectivity index (χ4n) is 7.99. The third kappa shape index (κ3) is 6.60. The third-order valence-corrected chi connectivity index (χ3v) is 10.5. The van der Waals surface area contributed by atoms with Gasteiger partial charge in [0.15, 0.2) is 10.9 Å². The summed E-state index contributed by atoms with van der Waals surface area (Å²) in [6.45, 7) is 5.46. The van der Waals surface area contributed by atoms with Gasteiger partial charge in [0.25, 0.3) is 0 Å². The van der Waals surface area contributed by atoms with E-state index in [0.717, 1.165) is 32.2 Å². The average Bonchev–Trinajstić information content (AvgIpc) is 3.63. The molecule has 0 radical (unpaired) electrons. The number of halogens is 3. The highest BCUT2D eigenvalue weighted by Gasteiger charge is 2.49. The van der Waals surface area contributed by atoms with Crippen molar-refractivity contribution < 1.29 is 27.8 Å². The molecule has 2 aromatic carbocycles. The zero-order valence-corrected chi connectivity index (χ0v) is 29.1. The number of ether oxygens (including phenoxy) is 2. The van der Waals surface area contributed by atoms with E-state index in [1.54, 1.807) is 13.2 Å². The Bertz CT molecular complexity index is 1920. The van der Waals surface area contributed by atoms with Gasteiger partial charge in [-0.15, -0.1) is 0 Å². The van der Waals surface area contributed by atoms with E-state index in [1.807, 2.05) is 6.92 Å². The maximum atomic E-state index is 17.0. The number of methoxy groups -OCH3 is 1. The van der Waals surface area contributed by atoms with Gasteiger partial charge in [-0.2, -0.15) is 9.97 Å². The van der Waals surface area contributed by atoms with Crippen molar-refractivity contribution in [3.63, 3.8) is 0 Å². The Morgan fingerprint density at radius 1 is 1.16 bits per heavy atom. The number of rotatable bonds is 10. The van der Waals surface area contributed by atoms with E-state index < -0.39 is 23.3 Å². The number of thiocarbonyl (C=S) groups is 1. The van der Waals surface area contributed by atoms with Crippen molar-refractivity contribution in [3.05, 3.63) is 47.7 Å². The van der Waals surface area contributed by atoms with Crippen LogP contribution in [0.15, 0.2) is 30.5 Å². The highest BCUT2D eigenvalue weighted by Crippen LogP contribution is 2.42. The van der Waals surface area contributed by atoms with Gasteiger partial charge in [-0.3, -0.25) is 9.88 Å². The first kappa shape index (κ1) is 34.4. The van der Waals surface area contributed by atoms with Crippen LogP contribution in [0.5, 0.6) is 11.8 Å². The number of hydrogen-bond acceptors (Lipinski definition) is 9. The first-order chi connectivity index (χ1) is 24.2. The van der Waals surface area contributed by atoms with Gasteiger partial charge in [0.05, 0.1) is 17.5 Å². The lowest BCUT2D eigenvalue weighted by molar-refractivity contribution is 0.107. The average molecular weight is 710 g/mol. The molecular formula is C36H42F3N7O3S. The summed E-state index contributed by atoms with van der Waals surface area (Å²) in [5.41, 5.74) is 0.123. The summed E-state index contributed by atoms with van der Waals surface area (Å²) in [4.78, 5) is 18.2. The fourth-order valence-corrected chi connectivity index (χ4v) is 8.25. The van der Waals surface area contributed by atoms with Crippen LogP contribution in [-0.4, -0.2) is 101 Å². The van der Waals surface area contributed by atoms with E-state index in [0.29, 0.717) is 78.3 Å². The second-order valence-corrected chi connectivity index (χ2v) is 13.9. The molecule has 2 unspecified atom stereocenters. The lowest BCUT2D eigenvalue weighted by Crippen LogP contribution is -2.51. The van der Waals surface area contributed by atoms with Crippen molar-refractivity contribution >= 4 is 44.8 Å². The summed E-state index contributed by atoms with van der Waals surface area (Å²) in [5.74, 6) is -0.795. The van der Waals surface area contributed by atoms with Crippen LogP contribution in [0.3, 0.4) is 0 Å². The summed E-state index contributed by atoms with van der Waals surface area (Å²) >= 11 is 5.51. The van der Waals surface area contributed by atoms with Crippen LogP contribution in [0.1, 0.15) is 44.6 Å². The number of fused-ring (bicyclic) bond motifs is 3.